The Morgan fingerprint density at radius 3 is 2.34 bits per heavy atom. The zero-order valence-corrected chi connectivity index (χ0v) is 18.8. The van der Waals surface area contributed by atoms with Crippen molar-refractivity contribution in [3.63, 3.8) is 0 Å². The topological polar surface area (TPSA) is 84.5 Å². The number of nitrogens with one attached hydrogen (secondary N) is 2. The first-order valence-corrected chi connectivity index (χ1v) is 11.4. The summed E-state index contributed by atoms with van der Waals surface area (Å²) in [6.45, 7) is 0. The number of hydrogen-bond acceptors (Lipinski definition) is 5. The van der Waals surface area contributed by atoms with Crippen molar-refractivity contribution in [2.75, 3.05) is 11.1 Å². The Balaban J connectivity index is 1.28. The van der Waals surface area contributed by atoms with Gasteiger partial charge < -0.3 is 10.1 Å². The molecule has 3 aromatic carbocycles. The van der Waals surface area contributed by atoms with E-state index >= 15 is 0 Å². The van der Waals surface area contributed by atoms with E-state index in [4.69, 9.17) is 27.9 Å². The van der Waals surface area contributed by atoms with Crippen molar-refractivity contribution in [3.05, 3.63) is 87.4 Å². The van der Waals surface area contributed by atoms with Gasteiger partial charge in [0.15, 0.2) is 0 Å². The Labute approximate surface area is 198 Å². The number of anilines is 1. The Kier molecular flexibility index (Phi) is 6.69. The fourth-order valence-corrected chi connectivity index (χ4v) is 4.14. The highest BCUT2D eigenvalue weighted by Crippen LogP contribution is 2.28. The van der Waals surface area contributed by atoms with Gasteiger partial charge in [-0.3, -0.25) is 19.7 Å². The monoisotopic (exact) mass is 486 g/mol. The molecule has 1 heterocycles. The van der Waals surface area contributed by atoms with Crippen LogP contribution < -0.4 is 15.4 Å². The number of rotatable bonds is 7. The highest BCUT2D eigenvalue weighted by molar-refractivity contribution is 7.99. The molecule has 0 saturated carbocycles. The number of ether oxygens (including phenoxy) is 1. The van der Waals surface area contributed by atoms with Gasteiger partial charge in [-0.1, -0.05) is 29.3 Å². The third kappa shape index (κ3) is 5.24. The fourth-order valence-electron chi connectivity index (χ4n) is 3.04. The number of thioether (sulfide) groups is 1. The lowest BCUT2D eigenvalue weighted by molar-refractivity contribution is -0.113. The molecule has 6 nitrogen and oxygen atoms in total. The van der Waals surface area contributed by atoms with Crippen LogP contribution in [-0.4, -0.2) is 23.5 Å². The molecule has 0 atom stereocenters. The standard InChI is InChI=1S/C23H16Cl2N2O4S/c24-19-8-1-13(9-20(19)25)11-32-12-21(28)26-14-2-4-15(5-3-14)31-16-6-7-17-18(10-16)23(30)27-22(17)29/h1-10H,11-12H2,(H,26,28)(H,27,29,30). The van der Waals surface area contributed by atoms with Gasteiger partial charge >= 0.3 is 0 Å². The van der Waals surface area contributed by atoms with Crippen LogP contribution in [0, 0.1) is 0 Å². The smallest absolute Gasteiger partial charge is 0.259 e. The van der Waals surface area contributed by atoms with Gasteiger partial charge in [-0.15, -0.1) is 11.8 Å². The number of amides is 3. The maximum Gasteiger partial charge on any atom is 0.259 e. The largest absolute Gasteiger partial charge is 0.457 e. The first-order chi connectivity index (χ1) is 15.4. The predicted molar refractivity (Wildman–Crippen MR) is 126 cm³/mol. The van der Waals surface area contributed by atoms with Gasteiger partial charge in [-0.2, -0.15) is 0 Å². The Morgan fingerprint density at radius 2 is 1.59 bits per heavy atom. The number of hydrogen-bond donors (Lipinski definition) is 2. The van der Waals surface area contributed by atoms with Crippen molar-refractivity contribution < 1.29 is 19.1 Å². The van der Waals surface area contributed by atoms with Crippen LogP contribution in [-0.2, 0) is 10.5 Å². The number of halogens is 2. The van der Waals surface area contributed by atoms with E-state index in [1.807, 2.05) is 6.07 Å². The molecule has 0 bridgehead atoms. The molecule has 1 aliphatic heterocycles. The third-order valence-corrected chi connectivity index (χ3v) is 6.31. The van der Waals surface area contributed by atoms with Gasteiger partial charge in [0.1, 0.15) is 11.5 Å². The van der Waals surface area contributed by atoms with Crippen molar-refractivity contribution in [2.45, 2.75) is 5.75 Å². The molecule has 0 unspecified atom stereocenters. The molecule has 0 spiro atoms. The number of carbonyl (C=O) groups excluding carboxylic acids is 3. The van der Waals surface area contributed by atoms with Crippen LogP contribution in [0.2, 0.25) is 10.0 Å². The van der Waals surface area contributed by atoms with Crippen LogP contribution in [0.5, 0.6) is 11.5 Å². The summed E-state index contributed by atoms with van der Waals surface area (Å²) in [5, 5.41) is 6.07. The molecule has 4 rings (SSSR count). The van der Waals surface area contributed by atoms with Gasteiger partial charge in [-0.05, 0) is 60.2 Å². The van der Waals surface area contributed by atoms with E-state index in [1.165, 1.54) is 17.8 Å². The van der Waals surface area contributed by atoms with E-state index in [1.54, 1.807) is 48.5 Å². The molecular formula is C23H16Cl2N2O4S. The van der Waals surface area contributed by atoms with Gasteiger partial charge in [0.2, 0.25) is 5.91 Å². The zero-order valence-electron chi connectivity index (χ0n) is 16.5. The number of benzene rings is 3. The summed E-state index contributed by atoms with van der Waals surface area (Å²) >= 11 is 13.4. The predicted octanol–water partition coefficient (Wildman–Crippen LogP) is 5.54. The fraction of sp³-hybridized carbons (Fsp3) is 0.0870. The van der Waals surface area contributed by atoms with Crippen molar-refractivity contribution in [3.8, 4) is 11.5 Å². The molecule has 3 amide bonds. The van der Waals surface area contributed by atoms with Crippen LogP contribution in [0.25, 0.3) is 0 Å². The van der Waals surface area contributed by atoms with Crippen molar-refractivity contribution in [2.24, 2.45) is 0 Å². The number of fused-ring (bicyclic) bond motifs is 1. The van der Waals surface area contributed by atoms with Crippen molar-refractivity contribution >= 4 is 58.4 Å². The SMILES string of the molecule is O=C(CSCc1ccc(Cl)c(Cl)c1)Nc1ccc(Oc2ccc3c(c2)C(=O)NC3=O)cc1. The molecule has 162 valence electrons. The summed E-state index contributed by atoms with van der Waals surface area (Å²) in [5.74, 6) is 0.914. The highest BCUT2D eigenvalue weighted by Gasteiger charge is 2.26. The van der Waals surface area contributed by atoms with Crippen LogP contribution in [0.4, 0.5) is 5.69 Å². The van der Waals surface area contributed by atoms with Gasteiger partial charge in [0.05, 0.1) is 26.9 Å². The molecule has 0 fully saturated rings. The Hall–Kier alpha value is -3.00. The number of carbonyl (C=O) groups is 3. The summed E-state index contributed by atoms with van der Waals surface area (Å²) in [5.41, 5.74) is 2.25. The summed E-state index contributed by atoms with van der Waals surface area (Å²) in [7, 11) is 0. The van der Waals surface area contributed by atoms with Crippen molar-refractivity contribution in [1.29, 1.82) is 0 Å². The van der Waals surface area contributed by atoms with Crippen LogP contribution in [0.1, 0.15) is 26.3 Å². The van der Waals surface area contributed by atoms with E-state index in [9.17, 15) is 14.4 Å². The summed E-state index contributed by atoms with van der Waals surface area (Å²) in [6.07, 6.45) is 0. The quantitative estimate of drug-likeness (QED) is 0.428. The minimum atomic E-state index is -0.439. The first kappa shape index (κ1) is 22.2. The van der Waals surface area contributed by atoms with E-state index in [0.29, 0.717) is 38.5 Å². The summed E-state index contributed by atoms with van der Waals surface area (Å²) in [6, 6.07) is 17.0. The number of imide groups is 1. The molecule has 0 aromatic heterocycles. The zero-order chi connectivity index (χ0) is 22.7. The van der Waals surface area contributed by atoms with Crippen LogP contribution in [0.15, 0.2) is 60.7 Å². The average Bonchev–Trinajstić information content (AvgIpc) is 3.05. The van der Waals surface area contributed by atoms with Crippen molar-refractivity contribution in [1.82, 2.24) is 5.32 Å². The molecule has 0 aliphatic carbocycles. The maximum absolute atomic E-state index is 12.2. The molecule has 1 aliphatic rings. The van der Waals surface area contributed by atoms with Gasteiger partial charge in [0, 0.05) is 11.4 Å². The second-order valence-electron chi connectivity index (χ2n) is 6.91. The third-order valence-electron chi connectivity index (χ3n) is 4.57. The first-order valence-electron chi connectivity index (χ1n) is 9.48. The normalized spacial score (nSPS) is 12.3. The molecule has 3 aromatic rings. The van der Waals surface area contributed by atoms with E-state index in [-0.39, 0.29) is 17.2 Å². The van der Waals surface area contributed by atoms with Gasteiger partial charge in [-0.25, -0.2) is 0 Å². The highest BCUT2D eigenvalue weighted by atomic mass is 35.5. The lowest BCUT2D eigenvalue weighted by atomic mass is 10.1. The summed E-state index contributed by atoms with van der Waals surface area (Å²) in [4.78, 5) is 35.6. The molecule has 9 heteroatoms. The second-order valence-corrected chi connectivity index (χ2v) is 8.71. The van der Waals surface area contributed by atoms with E-state index in [2.05, 4.69) is 10.6 Å². The molecule has 32 heavy (non-hydrogen) atoms. The molecular weight excluding hydrogens is 471 g/mol. The lowest BCUT2D eigenvalue weighted by Gasteiger charge is -2.09. The Bertz CT molecular complexity index is 1220. The Morgan fingerprint density at radius 1 is 0.875 bits per heavy atom. The van der Waals surface area contributed by atoms with E-state index < -0.39 is 11.8 Å². The maximum atomic E-state index is 12.2. The minimum Gasteiger partial charge on any atom is -0.457 e. The summed E-state index contributed by atoms with van der Waals surface area (Å²) < 4.78 is 5.75. The van der Waals surface area contributed by atoms with Gasteiger partial charge in [0.25, 0.3) is 11.8 Å². The molecule has 2 N–H and O–H groups in total. The van der Waals surface area contributed by atoms with Crippen LogP contribution >= 0.6 is 35.0 Å². The molecule has 0 radical (unpaired) electrons. The molecule has 0 saturated heterocycles. The average molecular weight is 487 g/mol. The lowest BCUT2D eigenvalue weighted by Crippen LogP contribution is -2.19. The van der Waals surface area contributed by atoms with Crippen LogP contribution in [0.3, 0.4) is 0 Å². The van der Waals surface area contributed by atoms with E-state index in [0.717, 1.165) is 5.56 Å². The minimum absolute atomic E-state index is 0.127. The second kappa shape index (κ2) is 9.65.